The Hall–Kier alpha value is -2.69. The number of hydrogen-bond acceptors (Lipinski definition) is 5. The Morgan fingerprint density at radius 2 is 1.86 bits per heavy atom. The van der Waals surface area contributed by atoms with Gasteiger partial charge in [0.15, 0.2) is 0 Å². The van der Waals surface area contributed by atoms with Crippen LogP contribution in [-0.2, 0) is 0 Å². The van der Waals surface area contributed by atoms with Crippen molar-refractivity contribution in [2.75, 3.05) is 0 Å². The van der Waals surface area contributed by atoms with Crippen LogP contribution in [0.1, 0.15) is 16.7 Å². The highest BCUT2D eigenvalue weighted by molar-refractivity contribution is 5.63. The molecule has 0 spiro atoms. The molecule has 1 aromatic carbocycles. The van der Waals surface area contributed by atoms with Crippen LogP contribution in [0.5, 0.6) is 5.75 Å². The lowest BCUT2D eigenvalue weighted by atomic mass is 10.1. The van der Waals surface area contributed by atoms with Crippen LogP contribution in [-0.4, -0.2) is 20.2 Å². The number of hydrogen-bond donors (Lipinski definition) is 1. The first-order valence-electron chi connectivity index (χ1n) is 6.62. The van der Waals surface area contributed by atoms with E-state index in [2.05, 4.69) is 15.1 Å². The first-order chi connectivity index (χ1) is 10.0. The Balaban J connectivity index is 2.03. The largest absolute Gasteiger partial charge is 0.508 e. The number of aryl methyl sites for hydroxylation is 3. The Bertz CT molecular complexity index is 743. The Morgan fingerprint density at radius 3 is 2.57 bits per heavy atom. The number of pyridine rings is 1. The molecule has 3 rings (SSSR count). The first-order valence-corrected chi connectivity index (χ1v) is 6.62. The van der Waals surface area contributed by atoms with Crippen LogP contribution in [0.2, 0.25) is 0 Å². The van der Waals surface area contributed by atoms with Gasteiger partial charge >= 0.3 is 0 Å². The summed E-state index contributed by atoms with van der Waals surface area (Å²) >= 11 is 0. The van der Waals surface area contributed by atoms with Gasteiger partial charge in [-0.2, -0.15) is 4.98 Å². The Kier molecular flexibility index (Phi) is 3.17. The minimum Gasteiger partial charge on any atom is -0.508 e. The number of rotatable bonds is 2. The van der Waals surface area contributed by atoms with E-state index in [0.717, 1.165) is 22.3 Å². The van der Waals surface area contributed by atoms with Crippen molar-refractivity contribution in [3.05, 3.63) is 47.2 Å². The minimum atomic E-state index is 0.215. The van der Waals surface area contributed by atoms with Crippen molar-refractivity contribution in [3.8, 4) is 28.7 Å². The van der Waals surface area contributed by atoms with Gasteiger partial charge in [0.05, 0.1) is 0 Å². The number of aromatic nitrogens is 3. The molecular formula is C16H15N3O2. The highest BCUT2D eigenvalue weighted by Crippen LogP contribution is 2.27. The van der Waals surface area contributed by atoms with Gasteiger partial charge in [-0.25, -0.2) is 0 Å². The third kappa shape index (κ3) is 2.50. The SMILES string of the molecule is Cc1cnc(-c2noc(-c3ccc(O)cc3C)n2)c(C)c1. The molecule has 0 aliphatic heterocycles. The van der Waals surface area contributed by atoms with Gasteiger partial charge in [-0.3, -0.25) is 4.98 Å². The summed E-state index contributed by atoms with van der Waals surface area (Å²) in [4.78, 5) is 8.78. The fraction of sp³-hybridized carbons (Fsp3) is 0.188. The van der Waals surface area contributed by atoms with Crippen LogP contribution < -0.4 is 0 Å². The summed E-state index contributed by atoms with van der Waals surface area (Å²) in [6, 6.07) is 7.05. The van der Waals surface area contributed by atoms with Crippen molar-refractivity contribution >= 4 is 0 Å². The van der Waals surface area contributed by atoms with Gasteiger partial charge in [0.1, 0.15) is 11.4 Å². The van der Waals surface area contributed by atoms with Gasteiger partial charge in [0.25, 0.3) is 5.89 Å². The van der Waals surface area contributed by atoms with E-state index in [-0.39, 0.29) is 5.75 Å². The molecule has 21 heavy (non-hydrogen) atoms. The molecule has 0 bridgehead atoms. The predicted octanol–water partition coefficient (Wildman–Crippen LogP) is 3.43. The van der Waals surface area contributed by atoms with Crippen LogP contribution in [0.15, 0.2) is 35.0 Å². The molecule has 0 aliphatic rings. The second-order valence-electron chi connectivity index (χ2n) is 5.10. The molecule has 1 N–H and O–H groups in total. The van der Waals surface area contributed by atoms with E-state index in [0.29, 0.717) is 17.4 Å². The molecule has 5 nitrogen and oxygen atoms in total. The van der Waals surface area contributed by atoms with E-state index < -0.39 is 0 Å². The molecule has 5 heteroatoms. The summed E-state index contributed by atoms with van der Waals surface area (Å²) in [6.45, 7) is 5.84. The highest BCUT2D eigenvalue weighted by Gasteiger charge is 2.15. The molecule has 3 aromatic rings. The lowest BCUT2D eigenvalue weighted by molar-refractivity contribution is 0.431. The summed E-state index contributed by atoms with van der Waals surface area (Å²) in [7, 11) is 0. The van der Waals surface area contributed by atoms with Crippen molar-refractivity contribution in [2.45, 2.75) is 20.8 Å². The Labute approximate surface area is 122 Å². The van der Waals surface area contributed by atoms with Gasteiger partial charge in [-0.1, -0.05) is 11.2 Å². The molecule has 2 aromatic heterocycles. The fourth-order valence-corrected chi connectivity index (χ4v) is 2.27. The lowest BCUT2D eigenvalue weighted by Crippen LogP contribution is -1.91. The highest BCUT2D eigenvalue weighted by atomic mass is 16.5. The van der Waals surface area contributed by atoms with Gasteiger partial charge in [0, 0.05) is 11.8 Å². The van der Waals surface area contributed by atoms with E-state index in [1.807, 2.05) is 26.8 Å². The zero-order valence-electron chi connectivity index (χ0n) is 12.1. The number of phenols is 1. The van der Waals surface area contributed by atoms with E-state index in [1.165, 1.54) is 0 Å². The molecule has 0 saturated heterocycles. The molecule has 106 valence electrons. The molecule has 0 unspecified atom stereocenters. The summed E-state index contributed by atoms with van der Waals surface area (Å²) < 4.78 is 5.33. The van der Waals surface area contributed by atoms with Crippen LogP contribution in [0.3, 0.4) is 0 Å². The summed E-state index contributed by atoms with van der Waals surface area (Å²) in [5.41, 5.74) is 4.49. The second kappa shape index (κ2) is 5.01. The van der Waals surface area contributed by atoms with Crippen LogP contribution >= 0.6 is 0 Å². The first kappa shape index (κ1) is 13.3. The van der Waals surface area contributed by atoms with E-state index in [1.54, 1.807) is 24.4 Å². The second-order valence-corrected chi connectivity index (χ2v) is 5.10. The minimum absolute atomic E-state index is 0.215. The van der Waals surface area contributed by atoms with Gasteiger partial charge < -0.3 is 9.63 Å². The zero-order chi connectivity index (χ0) is 15.0. The molecule has 0 saturated carbocycles. The molecular weight excluding hydrogens is 266 g/mol. The van der Waals surface area contributed by atoms with Gasteiger partial charge in [0.2, 0.25) is 5.82 Å². The third-order valence-corrected chi connectivity index (χ3v) is 3.29. The van der Waals surface area contributed by atoms with Crippen LogP contribution in [0.25, 0.3) is 23.0 Å². The number of phenolic OH excluding ortho intramolecular Hbond substituents is 1. The molecule has 0 aliphatic carbocycles. The van der Waals surface area contributed by atoms with E-state index in [9.17, 15) is 5.11 Å². The number of nitrogens with zero attached hydrogens (tertiary/aromatic N) is 3. The quantitative estimate of drug-likeness (QED) is 0.779. The molecule has 0 amide bonds. The number of benzene rings is 1. The average Bonchev–Trinajstić information content (AvgIpc) is 2.87. The fourth-order valence-electron chi connectivity index (χ4n) is 2.27. The molecule has 2 heterocycles. The van der Waals surface area contributed by atoms with Crippen molar-refractivity contribution < 1.29 is 9.63 Å². The van der Waals surface area contributed by atoms with Crippen molar-refractivity contribution in [1.29, 1.82) is 0 Å². The topological polar surface area (TPSA) is 72.0 Å². The summed E-state index contributed by atoms with van der Waals surface area (Å²) in [5, 5.41) is 13.5. The zero-order valence-corrected chi connectivity index (χ0v) is 12.1. The van der Waals surface area contributed by atoms with E-state index in [4.69, 9.17) is 4.52 Å². The number of aromatic hydroxyl groups is 1. The van der Waals surface area contributed by atoms with Crippen LogP contribution in [0.4, 0.5) is 0 Å². The predicted molar refractivity (Wildman–Crippen MR) is 78.8 cm³/mol. The molecule has 0 fully saturated rings. The van der Waals surface area contributed by atoms with E-state index >= 15 is 0 Å². The van der Waals surface area contributed by atoms with Crippen molar-refractivity contribution in [1.82, 2.24) is 15.1 Å². The van der Waals surface area contributed by atoms with Gasteiger partial charge in [-0.15, -0.1) is 0 Å². The lowest BCUT2D eigenvalue weighted by Gasteiger charge is -2.01. The Morgan fingerprint density at radius 1 is 1.05 bits per heavy atom. The van der Waals surface area contributed by atoms with Crippen molar-refractivity contribution in [2.24, 2.45) is 0 Å². The third-order valence-electron chi connectivity index (χ3n) is 3.29. The normalized spacial score (nSPS) is 10.8. The smallest absolute Gasteiger partial charge is 0.258 e. The standard InChI is InChI=1S/C16H15N3O2/c1-9-6-11(3)14(17-8-9)15-18-16(21-19-15)13-5-4-12(20)7-10(13)2/h4-8,20H,1-3H3. The van der Waals surface area contributed by atoms with Crippen LogP contribution in [0, 0.1) is 20.8 Å². The van der Waals surface area contributed by atoms with Gasteiger partial charge in [-0.05, 0) is 55.7 Å². The molecule has 0 radical (unpaired) electrons. The maximum Gasteiger partial charge on any atom is 0.258 e. The summed E-state index contributed by atoms with van der Waals surface area (Å²) in [6.07, 6.45) is 1.78. The van der Waals surface area contributed by atoms with Crippen molar-refractivity contribution in [3.63, 3.8) is 0 Å². The molecule has 0 atom stereocenters. The average molecular weight is 281 g/mol. The maximum atomic E-state index is 9.45. The maximum absolute atomic E-state index is 9.45. The monoisotopic (exact) mass is 281 g/mol. The summed E-state index contributed by atoms with van der Waals surface area (Å²) in [5.74, 6) is 1.10.